The number of nitrogens with zero attached hydrogens (tertiary/aromatic N) is 3. The van der Waals surface area contributed by atoms with Crippen molar-refractivity contribution in [2.75, 3.05) is 13.0 Å². The van der Waals surface area contributed by atoms with E-state index in [4.69, 9.17) is 10.6 Å². The van der Waals surface area contributed by atoms with Crippen LogP contribution in [0.25, 0.3) is 11.4 Å². The number of benzene rings is 3. The molecule has 6 heteroatoms. The lowest BCUT2D eigenvalue weighted by molar-refractivity contribution is 0.416. The van der Waals surface area contributed by atoms with Crippen LogP contribution >= 0.6 is 11.8 Å². The van der Waals surface area contributed by atoms with Gasteiger partial charge in [-0.2, -0.15) is 0 Å². The Morgan fingerprint density at radius 2 is 1.39 bits per heavy atom. The molecule has 0 spiro atoms. The Labute approximate surface area is 168 Å². The summed E-state index contributed by atoms with van der Waals surface area (Å²) < 4.78 is 6.97. The van der Waals surface area contributed by atoms with Gasteiger partial charge in [0.1, 0.15) is 5.75 Å². The van der Waals surface area contributed by atoms with Crippen molar-refractivity contribution in [2.24, 2.45) is 0 Å². The van der Waals surface area contributed by atoms with Gasteiger partial charge in [-0.25, -0.2) is 4.68 Å². The maximum absolute atomic E-state index is 6.38. The Morgan fingerprint density at radius 1 is 0.821 bits per heavy atom. The number of nitrogens with two attached hydrogens (primary N) is 1. The average Bonchev–Trinajstić information content (AvgIpc) is 3.13. The van der Waals surface area contributed by atoms with E-state index in [1.165, 1.54) is 15.8 Å². The topological polar surface area (TPSA) is 66.0 Å². The number of hydrogen-bond acceptors (Lipinski definition) is 5. The van der Waals surface area contributed by atoms with Gasteiger partial charge in [-0.05, 0) is 23.3 Å². The largest absolute Gasteiger partial charge is 0.496 e. The first-order valence-corrected chi connectivity index (χ1v) is 9.76. The van der Waals surface area contributed by atoms with Crippen molar-refractivity contribution in [2.45, 2.75) is 10.4 Å². The third-order valence-electron chi connectivity index (χ3n) is 4.44. The fraction of sp³-hybridized carbons (Fsp3) is 0.0909. The van der Waals surface area contributed by atoms with Crippen molar-refractivity contribution >= 4 is 11.8 Å². The normalized spacial score (nSPS) is 10.9. The maximum atomic E-state index is 6.38. The van der Waals surface area contributed by atoms with Gasteiger partial charge in [0.25, 0.3) is 0 Å². The monoisotopic (exact) mass is 388 g/mol. The molecule has 0 amide bonds. The van der Waals surface area contributed by atoms with Crippen LogP contribution in [0.4, 0.5) is 0 Å². The van der Waals surface area contributed by atoms with Crippen LogP contribution in [-0.2, 0) is 0 Å². The molecule has 0 aliphatic carbocycles. The number of ether oxygens (including phenoxy) is 1. The molecule has 0 aliphatic heterocycles. The van der Waals surface area contributed by atoms with E-state index in [1.807, 2.05) is 60.7 Å². The Balaban J connectivity index is 1.72. The molecule has 0 saturated heterocycles. The zero-order valence-electron chi connectivity index (χ0n) is 15.4. The second-order valence-corrected chi connectivity index (χ2v) is 7.27. The van der Waals surface area contributed by atoms with Crippen LogP contribution in [0.2, 0.25) is 0 Å². The number of nitrogen functional groups attached to an aromatic ring is 1. The quantitative estimate of drug-likeness (QED) is 0.388. The molecular formula is C22H20N4OS. The molecule has 0 bridgehead atoms. The molecule has 0 fully saturated rings. The molecule has 4 rings (SSSR count). The summed E-state index contributed by atoms with van der Waals surface area (Å²) in [6.45, 7) is 0. The van der Waals surface area contributed by atoms with E-state index >= 15 is 0 Å². The smallest absolute Gasteiger partial charge is 0.211 e. The lowest BCUT2D eigenvalue weighted by atomic mass is 10.0. The van der Waals surface area contributed by atoms with E-state index in [2.05, 4.69) is 34.5 Å². The predicted octanol–water partition coefficient (Wildman–Crippen LogP) is 4.55. The third kappa shape index (κ3) is 3.59. The van der Waals surface area contributed by atoms with Crippen molar-refractivity contribution in [1.82, 2.24) is 14.9 Å². The summed E-state index contributed by atoms with van der Waals surface area (Å²) in [4.78, 5) is 0. The van der Waals surface area contributed by atoms with Crippen LogP contribution in [0.15, 0.2) is 90.1 Å². The van der Waals surface area contributed by atoms with Crippen LogP contribution < -0.4 is 10.6 Å². The van der Waals surface area contributed by atoms with Gasteiger partial charge in [-0.15, -0.1) is 10.2 Å². The summed E-state index contributed by atoms with van der Waals surface area (Å²) >= 11 is 1.57. The first-order chi connectivity index (χ1) is 13.8. The Hall–Kier alpha value is -3.25. The first kappa shape index (κ1) is 18.1. The van der Waals surface area contributed by atoms with Crippen LogP contribution in [0, 0.1) is 0 Å². The first-order valence-electron chi connectivity index (χ1n) is 8.88. The summed E-state index contributed by atoms with van der Waals surface area (Å²) in [6, 6.07) is 28.3. The highest BCUT2D eigenvalue weighted by atomic mass is 32.2. The summed E-state index contributed by atoms with van der Waals surface area (Å²) in [6.07, 6.45) is 0. The minimum atomic E-state index is 0.0550. The summed E-state index contributed by atoms with van der Waals surface area (Å²) in [7, 11) is 1.63. The highest BCUT2D eigenvalue weighted by Crippen LogP contribution is 2.40. The number of methoxy groups -OCH3 is 1. The molecule has 1 aromatic heterocycles. The van der Waals surface area contributed by atoms with Crippen molar-refractivity contribution < 1.29 is 4.74 Å². The minimum absolute atomic E-state index is 0.0550. The Morgan fingerprint density at radius 3 is 2.00 bits per heavy atom. The molecule has 140 valence electrons. The molecule has 0 saturated carbocycles. The molecule has 2 N–H and O–H groups in total. The zero-order chi connectivity index (χ0) is 19.3. The van der Waals surface area contributed by atoms with Crippen LogP contribution in [0.3, 0.4) is 0 Å². The number of para-hydroxylation sites is 1. The lowest BCUT2D eigenvalue weighted by Gasteiger charge is -2.17. The third-order valence-corrected chi connectivity index (χ3v) is 5.71. The van der Waals surface area contributed by atoms with Gasteiger partial charge in [0.05, 0.1) is 17.9 Å². The van der Waals surface area contributed by atoms with E-state index in [0.29, 0.717) is 16.7 Å². The van der Waals surface area contributed by atoms with E-state index < -0.39 is 0 Å². The molecule has 0 radical (unpaired) electrons. The van der Waals surface area contributed by atoms with E-state index in [9.17, 15) is 0 Å². The van der Waals surface area contributed by atoms with Crippen molar-refractivity contribution in [3.05, 3.63) is 96.1 Å². The Kier molecular flexibility index (Phi) is 5.30. The average molecular weight is 388 g/mol. The molecule has 3 aromatic carbocycles. The number of aromatic nitrogens is 3. The zero-order valence-corrected chi connectivity index (χ0v) is 16.2. The minimum Gasteiger partial charge on any atom is -0.496 e. The molecule has 0 unspecified atom stereocenters. The van der Waals surface area contributed by atoms with Crippen molar-refractivity contribution in [3.8, 4) is 17.1 Å². The molecule has 5 nitrogen and oxygen atoms in total. The SMILES string of the molecule is COc1ccccc1-c1nnc(SC(c2ccccc2)c2ccccc2)n1N. The van der Waals surface area contributed by atoms with Gasteiger partial charge in [-0.1, -0.05) is 84.6 Å². The van der Waals surface area contributed by atoms with E-state index in [1.54, 1.807) is 18.9 Å². The van der Waals surface area contributed by atoms with Crippen LogP contribution in [-0.4, -0.2) is 22.0 Å². The van der Waals surface area contributed by atoms with Gasteiger partial charge in [0.2, 0.25) is 5.16 Å². The highest BCUT2D eigenvalue weighted by molar-refractivity contribution is 7.99. The Bertz CT molecular complexity index is 1010. The fourth-order valence-corrected chi connectivity index (χ4v) is 4.15. The second kappa shape index (κ2) is 8.19. The van der Waals surface area contributed by atoms with Gasteiger partial charge in [-0.3, -0.25) is 0 Å². The second-order valence-electron chi connectivity index (χ2n) is 6.20. The summed E-state index contributed by atoms with van der Waals surface area (Å²) in [5.74, 6) is 7.66. The number of rotatable bonds is 6. The molecule has 0 atom stereocenters. The van der Waals surface area contributed by atoms with Gasteiger partial charge in [0.15, 0.2) is 5.82 Å². The van der Waals surface area contributed by atoms with Crippen LogP contribution in [0.1, 0.15) is 16.4 Å². The fourth-order valence-electron chi connectivity index (χ4n) is 3.06. The number of thioether (sulfide) groups is 1. The summed E-state index contributed by atoms with van der Waals surface area (Å²) in [5.41, 5.74) is 3.17. The van der Waals surface area contributed by atoms with Gasteiger partial charge in [0, 0.05) is 0 Å². The van der Waals surface area contributed by atoms with Crippen molar-refractivity contribution in [1.29, 1.82) is 0 Å². The highest BCUT2D eigenvalue weighted by Gasteiger charge is 2.21. The van der Waals surface area contributed by atoms with E-state index in [-0.39, 0.29) is 5.25 Å². The molecular weight excluding hydrogens is 368 g/mol. The van der Waals surface area contributed by atoms with Crippen LogP contribution in [0.5, 0.6) is 5.75 Å². The predicted molar refractivity (Wildman–Crippen MR) is 113 cm³/mol. The van der Waals surface area contributed by atoms with Gasteiger partial charge < -0.3 is 10.6 Å². The standard InChI is InChI=1S/C22H20N4OS/c1-27-19-15-9-8-14-18(19)21-24-25-22(26(21)23)28-20(16-10-4-2-5-11-16)17-12-6-3-7-13-17/h2-15,20H,23H2,1H3. The maximum Gasteiger partial charge on any atom is 0.211 e. The summed E-state index contributed by atoms with van der Waals surface area (Å²) in [5, 5.41) is 9.37. The molecule has 4 aromatic rings. The molecule has 0 aliphatic rings. The lowest BCUT2D eigenvalue weighted by Crippen LogP contribution is -2.12. The molecule has 28 heavy (non-hydrogen) atoms. The molecule has 1 heterocycles. The van der Waals surface area contributed by atoms with E-state index in [0.717, 1.165) is 5.56 Å². The van der Waals surface area contributed by atoms with Gasteiger partial charge >= 0.3 is 0 Å². The number of hydrogen-bond donors (Lipinski definition) is 1. The van der Waals surface area contributed by atoms with Crippen molar-refractivity contribution in [3.63, 3.8) is 0 Å².